The van der Waals surface area contributed by atoms with E-state index in [1.165, 1.54) is 6.07 Å². The second kappa shape index (κ2) is 6.59. The zero-order valence-corrected chi connectivity index (χ0v) is 12.6. The van der Waals surface area contributed by atoms with Crippen molar-refractivity contribution in [2.24, 2.45) is 5.73 Å². The van der Waals surface area contributed by atoms with Crippen LogP contribution in [0.5, 0.6) is 5.75 Å². The van der Waals surface area contributed by atoms with Crippen LogP contribution in [0.1, 0.15) is 24.1 Å². The lowest BCUT2D eigenvalue weighted by atomic mass is 10.0. The first kappa shape index (κ1) is 15.3. The predicted molar refractivity (Wildman–Crippen MR) is 84.1 cm³/mol. The zero-order valence-electron chi connectivity index (χ0n) is 12.6. The number of rotatable bonds is 5. The van der Waals surface area contributed by atoms with Crippen LogP contribution in [0, 0.1) is 5.82 Å². The molecule has 0 fully saturated rings. The van der Waals surface area contributed by atoms with E-state index in [0.717, 1.165) is 22.6 Å². The van der Waals surface area contributed by atoms with Gasteiger partial charge in [-0.2, -0.15) is 0 Å². The Bertz CT molecular complexity index is 613. The van der Waals surface area contributed by atoms with Gasteiger partial charge in [-0.15, -0.1) is 0 Å². The number of nitrogens with two attached hydrogens (primary N) is 1. The first-order chi connectivity index (χ1) is 10.0. The summed E-state index contributed by atoms with van der Waals surface area (Å²) < 4.78 is 18.7. The van der Waals surface area contributed by atoms with Gasteiger partial charge in [0.2, 0.25) is 0 Å². The SMILES string of the molecule is COc1cccc(N(C)Cc2cccc(F)c2)c1C(C)N. The molecule has 2 rings (SSSR count). The van der Waals surface area contributed by atoms with Crippen LogP contribution in [-0.4, -0.2) is 14.2 Å². The topological polar surface area (TPSA) is 38.5 Å². The average Bonchev–Trinajstić information content (AvgIpc) is 2.46. The molecule has 2 N–H and O–H groups in total. The summed E-state index contributed by atoms with van der Waals surface area (Å²) in [6, 6.07) is 12.3. The Morgan fingerprint density at radius 3 is 2.57 bits per heavy atom. The van der Waals surface area contributed by atoms with Crippen molar-refractivity contribution < 1.29 is 9.13 Å². The number of hydrogen-bond donors (Lipinski definition) is 1. The number of halogens is 1. The van der Waals surface area contributed by atoms with Gasteiger partial charge in [-0.1, -0.05) is 18.2 Å². The number of benzene rings is 2. The molecule has 0 aromatic heterocycles. The molecule has 0 spiro atoms. The van der Waals surface area contributed by atoms with Crippen LogP contribution in [0.15, 0.2) is 42.5 Å². The normalized spacial score (nSPS) is 12.0. The van der Waals surface area contributed by atoms with E-state index in [9.17, 15) is 4.39 Å². The fourth-order valence-corrected chi connectivity index (χ4v) is 2.50. The minimum Gasteiger partial charge on any atom is -0.496 e. The molecule has 1 unspecified atom stereocenters. The number of nitrogens with zero attached hydrogens (tertiary/aromatic N) is 1. The standard InChI is InChI=1S/C17H21FN2O/c1-12(19)17-15(8-5-9-16(17)21-3)20(2)11-13-6-4-7-14(18)10-13/h4-10,12H,11,19H2,1-3H3. The molecule has 0 saturated heterocycles. The lowest BCUT2D eigenvalue weighted by Crippen LogP contribution is -2.20. The molecule has 0 aliphatic rings. The molecule has 2 aromatic rings. The van der Waals surface area contributed by atoms with Crippen molar-refractivity contribution in [2.45, 2.75) is 19.5 Å². The molecule has 21 heavy (non-hydrogen) atoms. The van der Waals surface area contributed by atoms with Gasteiger partial charge >= 0.3 is 0 Å². The molecule has 4 heteroatoms. The summed E-state index contributed by atoms with van der Waals surface area (Å²) in [6.07, 6.45) is 0. The molecule has 0 radical (unpaired) electrons. The van der Waals surface area contributed by atoms with E-state index in [2.05, 4.69) is 4.90 Å². The van der Waals surface area contributed by atoms with E-state index >= 15 is 0 Å². The van der Waals surface area contributed by atoms with Gasteiger partial charge in [-0.25, -0.2) is 4.39 Å². The predicted octanol–water partition coefficient (Wildman–Crippen LogP) is 3.49. The Hall–Kier alpha value is -2.07. The van der Waals surface area contributed by atoms with E-state index in [1.807, 2.05) is 38.2 Å². The van der Waals surface area contributed by atoms with E-state index in [0.29, 0.717) is 6.54 Å². The first-order valence-electron chi connectivity index (χ1n) is 6.91. The molecule has 0 aliphatic carbocycles. The number of methoxy groups -OCH3 is 1. The second-order valence-corrected chi connectivity index (χ2v) is 5.17. The fourth-order valence-electron chi connectivity index (χ4n) is 2.50. The van der Waals surface area contributed by atoms with Gasteiger partial charge in [0, 0.05) is 30.9 Å². The van der Waals surface area contributed by atoms with Gasteiger partial charge in [-0.05, 0) is 36.8 Å². The van der Waals surface area contributed by atoms with Gasteiger partial charge in [-0.3, -0.25) is 0 Å². The lowest BCUT2D eigenvalue weighted by molar-refractivity contribution is 0.407. The van der Waals surface area contributed by atoms with Crippen LogP contribution in [0.4, 0.5) is 10.1 Å². The molecular weight excluding hydrogens is 267 g/mol. The molecule has 0 heterocycles. The summed E-state index contributed by atoms with van der Waals surface area (Å²) >= 11 is 0. The summed E-state index contributed by atoms with van der Waals surface area (Å²) in [5.74, 6) is 0.549. The maximum Gasteiger partial charge on any atom is 0.125 e. The Kier molecular flexibility index (Phi) is 4.81. The van der Waals surface area contributed by atoms with E-state index in [1.54, 1.807) is 19.2 Å². The van der Waals surface area contributed by atoms with Gasteiger partial charge in [0.1, 0.15) is 11.6 Å². The van der Waals surface area contributed by atoms with E-state index in [4.69, 9.17) is 10.5 Å². The average molecular weight is 288 g/mol. The van der Waals surface area contributed by atoms with Crippen molar-refractivity contribution in [1.29, 1.82) is 0 Å². The fraction of sp³-hybridized carbons (Fsp3) is 0.294. The number of ether oxygens (including phenoxy) is 1. The third-order valence-corrected chi connectivity index (χ3v) is 3.44. The summed E-state index contributed by atoms with van der Waals surface area (Å²) in [7, 11) is 3.60. The zero-order chi connectivity index (χ0) is 15.4. The highest BCUT2D eigenvalue weighted by atomic mass is 19.1. The smallest absolute Gasteiger partial charge is 0.125 e. The summed E-state index contributed by atoms with van der Waals surface area (Å²) in [6.45, 7) is 2.53. The molecule has 1 atom stereocenters. The summed E-state index contributed by atoms with van der Waals surface area (Å²) in [5, 5.41) is 0. The summed E-state index contributed by atoms with van der Waals surface area (Å²) in [5.41, 5.74) is 8.94. The van der Waals surface area contributed by atoms with Gasteiger partial charge in [0.05, 0.1) is 7.11 Å². The van der Waals surface area contributed by atoms with Crippen LogP contribution in [-0.2, 0) is 6.54 Å². The van der Waals surface area contributed by atoms with Crippen molar-refractivity contribution in [3.8, 4) is 5.75 Å². The first-order valence-corrected chi connectivity index (χ1v) is 6.91. The second-order valence-electron chi connectivity index (χ2n) is 5.17. The van der Waals surface area contributed by atoms with E-state index in [-0.39, 0.29) is 11.9 Å². The lowest BCUT2D eigenvalue weighted by Gasteiger charge is -2.25. The van der Waals surface area contributed by atoms with Crippen molar-refractivity contribution >= 4 is 5.69 Å². The maximum absolute atomic E-state index is 13.3. The van der Waals surface area contributed by atoms with E-state index < -0.39 is 0 Å². The molecule has 3 nitrogen and oxygen atoms in total. The van der Waals surface area contributed by atoms with Crippen molar-refractivity contribution in [3.63, 3.8) is 0 Å². The number of anilines is 1. The van der Waals surface area contributed by atoms with Gasteiger partial charge < -0.3 is 15.4 Å². The summed E-state index contributed by atoms with van der Waals surface area (Å²) in [4.78, 5) is 2.05. The minimum atomic E-state index is -0.223. The molecule has 0 amide bonds. The van der Waals surface area contributed by atoms with Crippen LogP contribution < -0.4 is 15.4 Å². The third kappa shape index (κ3) is 3.52. The van der Waals surface area contributed by atoms with Crippen LogP contribution in [0.2, 0.25) is 0 Å². The molecule has 0 bridgehead atoms. The Morgan fingerprint density at radius 1 is 1.24 bits per heavy atom. The largest absolute Gasteiger partial charge is 0.496 e. The van der Waals surface area contributed by atoms with Gasteiger partial charge in [0.25, 0.3) is 0 Å². The van der Waals surface area contributed by atoms with Crippen molar-refractivity contribution in [2.75, 3.05) is 19.1 Å². The molecule has 0 saturated carbocycles. The van der Waals surface area contributed by atoms with Gasteiger partial charge in [0.15, 0.2) is 0 Å². The highest BCUT2D eigenvalue weighted by Crippen LogP contribution is 2.33. The van der Waals surface area contributed by atoms with Crippen LogP contribution >= 0.6 is 0 Å². The highest BCUT2D eigenvalue weighted by molar-refractivity contribution is 5.60. The molecule has 0 aliphatic heterocycles. The van der Waals surface area contributed by atoms with Crippen molar-refractivity contribution in [1.82, 2.24) is 0 Å². The minimum absolute atomic E-state index is 0.147. The third-order valence-electron chi connectivity index (χ3n) is 3.44. The highest BCUT2D eigenvalue weighted by Gasteiger charge is 2.16. The molecular formula is C17H21FN2O. The quantitative estimate of drug-likeness (QED) is 0.915. The van der Waals surface area contributed by atoms with Crippen LogP contribution in [0.25, 0.3) is 0 Å². The Balaban J connectivity index is 2.32. The van der Waals surface area contributed by atoms with Crippen LogP contribution in [0.3, 0.4) is 0 Å². The monoisotopic (exact) mass is 288 g/mol. The molecule has 112 valence electrons. The molecule has 2 aromatic carbocycles. The Morgan fingerprint density at radius 2 is 1.95 bits per heavy atom. The van der Waals surface area contributed by atoms with Crippen molar-refractivity contribution in [3.05, 3.63) is 59.4 Å². The number of hydrogen-bond acceptors (Lipinski definition) is 3. The maximum atomic E-state index is 13.3. The Labute approximate surface area is 125 Å².